The Bertz CT molecular complexity index is 848. The van der Waals surface area contributed by atoms with Crippen LogP contribution in [0, 0.1) is 13.8 Å². The molecule has 116 valence electrons. The highest BCUT2D eigenvalue weighted by molar-refractivity contribution is 9.10. The van der Waals surface area contributed by atoms with Crippen LogP contribution in [-0.4, -0.2) is 14.3 Å². The second-order valence-corrected chi connectivity index (χ2v) is 7.44. The number of anilines is 1. The van der Waals surface area contributed by atoms with E-state index in [9.17, 15) is 13.2 Å². The lowest BCUT2D eigenvalue weighted by atomic mass is 10.1. The monoisotopic (exact) mass is 382 g/mol. The van der Waals surface area contributed by atoms with Gasteiger partial charge < -0.3 is 5.73 Å². The van der Waals surface area contributed by atoms with Gasteiger partial charge in [-0.15, -0.1) is 0 Å². The molecule has 5 nitrogen and oxygen atoms in total. The van der Waals surface area contributed by atoms with E-state index in [2.05, 4.69) is 20.7 Å². The van der Waals surface area contributed by atoms with Gasteiger partial charge in [0, 0.05) is 4.47 Å². The number of benzene rings is 2. The van der Waals surface area contributed by atoms with Crippen LogP contribution >= 0.6 is 15.9 Å². The van der Waals surface area contributed by atoms with E-state index in [0.29, 0.717) is 15.6 Å². The largest absolute Gasteiger partial charge is 0.366 e. The molecule has 0 aliphatic carbocycles. The lowest BCUT2D eigenvalue weighted by Gasteiger charge is -2.15. The van der Waals surface area contributed by atoms with Gasteiger partial charge in [0.25, 0.3) is 15.9 Å². The van der Waals surface area contributed by atoms with Crippen molar-refractivity contribution in [2.45, 2.75) is 18.7 Å². The lowest BCUT2D eigenvalue weighted by Crippen LogP contribution is -2.20. The maximum absolute atomic E-state index is 12.6. The molecule has 2 rings (SSSR count). The Morgan fingerprint density at radius 1 is 1.14 bits per heavy atom. The maximum Gasteiger partial charge on any atom is 0.262 e. The highest BCUT2D eigenvalue weighted by Gasteiger charge is 2.21. The minimum absolute atomic E-state index is 0.135. The Hall–Kier alpha value is -1.86. The number of primary amides is 1. The van der Waals surface area contributed by atoms with Crippen molar-refractivity contribution in [2.24, 2.45) is 5.73 Å². The molecular weight excluding hydrogens is 368 g/mol. The molecule has 0 fully saturated rings. The summed E-state index contributed by atoms with van der Waals surface area (Å²) in [6, 6.07) is 9.82. The van der Waals surface area contributed by atoms with Crippen molar-refractivity contribution < 1.29 is 13.2 Å². The van der Waals surface area contributed by atoms with Crippen molar-refractivity contribution in [3.05, 3.63) is 57.6 Å². The maximum atomic E-state index is 12.6. The molecule has 1 amide bonds. The quantitative estimate of drug-likeness (QED) is 0.851. The van der Waals surface area contributed by atoms with Gasteiger partial charge in [-0.1, -0.05) is 34.1 Å². The van der Waals surface area contributed by atoms with Crippen molar-refractivity contribution in [2.75, 3.05) is 4.72 Å². The molecule has 0 unspecified atom stereocenters. The number of hydrogen-bond donors (Lipinski definition) is 2. The summed E-state index contributed by atoms with van der Waals surface area (Å²) in [5, 5.41) is 0. The number of para-hydroxylation sites is 1. The van der Waals surface area contributed by atoms with Crippen LogP contribution in [0.15, 0.2) is 45.8 Å². The van der Waals surface area contributed by atoms with Crippen molar-refractivity contribution in [1.29, 1.82) is 0 Å². The Morgan fingerprint density at radius 3 is 2.45 bits per heavy atom. The minimum Gasteiger partial charge on any atom is -0.366 e. The third kappa shape index (κ3) is 3.31. The number of halogens is 1. The van der Waals surface area contributed by atoms with Crippen LogP contribution in [0.25, 0.3) is 0 Å². The summed E-state index contributed by atoms with van der Waals surface area (Å²) in [6.45, 7) is 3.41. The van der Waals surface area contributed by atoms with Crippen LogP contribution in [0.4, 0.5) is 5.69 Å². The second-order valence-electron chi connectivity index (χ2n) is 4.88. The molecule has 0 aliphatic rings. The van der Waals surface area contributed by atoms with Gasteiger partial charge in [-0.25, -0.2) is 8.42 Å². The second kappa shape index (κ2) is 6.10. The van der Waals surface area contributed by atoms with Gasteiger partial charge in [-0.05, 0) is 43.2 Å². The molecule has 0 aromatic heterocycles. The third-order valence-electron chi connectivity index (χ3n) is 3.21. The van der Waals surface area contributed by atoms with E-state index in [1.165, 1.54) is 12.1 Å². The molecule has 0 bridgehead atoms. The summed E-state index contributed by atoms with van der Waals surface area (Å²) in [7, 11) is -3.83. The minimum atomic E-state index is -3.83. The Kier molecular flexibility index (Phi) is 4.58. The molecule has 0 saturated heterocycles. The van der Waals surface area contributed by atoms with E-state index in [0.717, 1.165) is 0 Å². The zero-order valence-electron chi connectivity index (χ0n) is 12.1. The zero-order chi connectivity index (χ0) is 16.5. The van der Waals surface area contributed by atoms with E-state index >= 15 is 0 Å². The van der Waals surface area contributed by atoms with Gasteiger partial charge in [0.15, 0.2) is 0 Å². The molecule has 0 heterocycles. The molecule has 2 aromatic carbocycles. The van der Waals surface area contributed by atoms with E-state index in [-0.39, 0.29) is 16.1 Å². The summed E-state index contributed by atoms with van der Waals surface area (Å²) in [4.78, 5) is 11.6. The fourth-order valence-corrected chi connectivity index (χ4v) is 4.00. The molecule has 0 atom stereocenters. The lowest BCUT2D eigenvalue weighted by molar-refractivity contribution is 0.100. The first kappa shape index (κ1) is 16.5. The summed E-state index contributed by atoms with van der Waals surface area (Å²) in [5.74, 6) is -0.688. The van der Waals surface area contributed by atoms with Crippen LogP contribution in [-0.2, 0) is 10.0 Å². The van der Waals surface area contributed by atoms with Gasteiger partial charge in [0.2, 0.25) is 0 Å². The Balaban J connectivity index is 2.55. The summed E-state index contributed by atoms with van der Waals surface area (Å²) in [6.07, 6.45) is 0. The number of hydrogen-bond acceptors (Lipinski definition) is 3. The number of amides is 1. The third-order valence-corrected chi connectivity index (χ3v) is 5.20. The van der Waals surface area contributed by atoms with E-state index < -0.39 is 15.9 Å². The molecule has 22 heavy (non-hydrogen) atoms. The standard InChI is InChI=1S/C15H15BrN2O3S/c1-9-6-7-11(16)8-13(9)22(20,21)18-14-10(2)4-3-5-12(14)15(17)19/h3-8,18H,1-2H3,(H2,17,19). The number of carbonyl (C=O) groups is 1. The molecule has 0 saturated carbocycles. The number of nitrogens with one attached hydrogen (secondary N) is 1. The topological polar surface area (TPSA) is 89.3 Å². The Morgan fingerprint density at radius 2 is 1.82 bits per heavy atom. The fourth-order valence-electron chi connectivity index (χ4n) is 2.06. The SMILES string of the molecule is Cc1ccc(Br)cc1S(=O)(=O)Nc1c(C)cccc1C(N)=O. The van der Waals surface area contributed by atoms with Gasteiger partial charge in [-0.3, -0.25) is 9.52 Å². The van der Waals surface area contributed by atoms with E-state index in [1.54, 1.807) is 38.1 Å². The van der Waals surface area contributed by atoms with Crippen molar-refractivity contribution in [3.8, 4) is 0 Å². The summed E-state index contributed by atoms with van der Waals surface area (Å²) in [5.41, 5.74) is 6.87. The predicted molar refractivity (Wildman–Crippen MR) is 89.4 cm³/mol. The van der Waals surface area contributed by atoms with E-state index in [1.807, 2.05) is 0 Å². The number of aryl methyl sites for hydroxylation is 2. The smallest absolute Gasteiger partial charge is 0.262 e. The first-order chi connectivity index (χ1) is 10.2. The van der Waals surface area contributed by atoms with Gasteiger partial charge in [0.1, 0.15) is 0 Å². The Labute approximate surface area is 137 Å². The normalized spacial score (nSPS) is 11.2. The number of sulfonamides is 1. The highest BCUT2D eigenvalue weighted by Crippen LogP contribution is 2.26. The fraction of sp³-hybridized carbons (Fsp3) is 0.133. The van der Waals surface area contributed by atoms with Crippen LogP contribution in [0.5, 0.6) is 0 Å². The first-order valence-corrected chi connectivity index (χ1v) is 8.68. The molecule has 2 aromatic rings. The first-order valence-electron chi connectivity index (χ1n) is 6.41. The van der Waals surface area contributed by atoms with Crippen LogP contribution in [0.3, 0.4) is 0 Å². The average molecular weight is 383 g/mol. The highest BCUT2D eigenvalue weighted by atomic mass is 79.9. The van der Waals surface area contributed by atoms with Gasteiger partial charge >= 0.3 is 0 Å². The summed E-state index contributed by atoms with van der Waals surface area (Å²) < 4.78 is 28.4. The molecular formula is C15H15BrN2O3S. The number of carbonyl (C=O) groups excluding carboxylic acids is 1. The molecule has 0 radical (unpaired) electrons. The predicted octanol–water partition coefficient (Wildman–Crippen LogP) is 2.97. The van der Waals surface area contributed by atoms with Gasteiger partial charge in [-0.2, -0.15) is 0 Å². The van der Waals surface area contributed by atoms with Crippen LogP contribution in [0.2, 0.25) is 0 Å². The zero-order valence-corrected chi connectivity index (χ0v) is 14.5. The van der Waals surface area contributed by atoms with Crippen molar-refractivity contribution in [1.82, 2.24) is 0 Å². The van der Waals surface area contributed by atoms with Crippen molar-refractivity contribution in [3.63, 3.8) is 0 Å². The average Bonchev–Trinajstić information content (AvgIpc) is 2.43. The number of rotatable bonds is 4. The van der Waals surface area contributed by atoms with Crippen LogP contribution < -0.4 is 10.5 Å². The van der Waals surface area contributed by atoms with Crippen molar-refractivity contribution >= 4 is 37.5 Å². The van der Waals surface area contributed by atoms with E-state index in [4.69, 9.17) is 5.73 Å². The van der Waals surface area contributed by atoms with Gasteiger partial charge in [0.05, 0.1) is 16.1 Å². The molecule has 7 heteroatoms. The van der Waals surface area contributed by atoms with Crippen LogP contribution in [0.1, 0.15) is 21.5 Å². The molecule has 0 aliphatic heterocycles. The molecule has 0 spiro atoms. The number of nitrogens with two attached hydrogens (primary N) is 1. The molecule has 3 N–H and O–H groups in total. The summed E-state index contributed by atoms with van der Waals surface area (Å²) >= 11 is 3.26.